The van der Waals surface area contributed by atoms with Crippen molar-refractivity contribution < 1.29 is 17.4 Å². The van der Waals surface area contributed by atoms with Gasteiger partial charge in [0.25, 0.3) is 0 Å². The molecule has 0 saturated carbocycles. The first kappa shape index (κ1) is 16.3. The summed E-state index contributed by atoms with van der Waals surface area (Å²) >= 11 is 0. The number of H-pyrrole nitrogens is 1. The van der Waals surface area contributed by atoms with Gasteiger partial charge in [-0.1, -0.05) is 12.1 Å². The van der Waals surface area contributed by atoms with Crippen LogP contribution in [0, 0.1) is 27.7 Å². The molecule has 2 aromatic carbocycles. The Morgan fingerprint density at radius 2 is 1.59 bits per heavy atom. The maximum Gasteiger partial charge on any atom is 0.213 e. The topological polar surface area (TPSA) is 26.2 Å². The number of fused-ring (bicyclic) bond motifs is 1. The summed E-state index contributed by atoms with van der Waals surface area (Å²) < 4.78 is 0. The van der Waals surface area contributed by atoms with Gasteiger partial charge in [0, 0.05) is 24.7 Å². The smallest absolute Gasteiger partial charge is 0.213 e. The summed E-state index contributed by atoms with van der Waals surface area (Å²) in [4.78, 5) is 3.42. The van der Waals surface area contributed by atoms with Gasteiger partial charge in [-0.15, -0.1) is 0 Å². The first-order valence-corrected chi connectivity index (χ1v) is 7.30. The van der Waals surface area contributed by atoms with Crippen molar-refractivity contribution >= 4 is 22.3 Å². The van der Waals surface area contributed by atoms with Crippen LogP contribution in [0.2, 0.25) is 0 Å². The molecule has 0 saturated heterocycles. The Morgan fingerprint density at radius 3 is 2.32 bits per heavy atom. The summed E-state index contributed by atoms with van der Waals surface area (Å²) in [6.07, 6.45) is 0. The van der Waals surface area contributed by atoms with Gasteiger partial charge in [0.1, 0.15) is 0 Å². The summed E-state index contributed by atoms with van der Waals surface area (Å²) in [6, 6.07) is 15.2. The Bertz CT molecular complexity index is 825. The quantitative estimate of drug-likeness (QED) is 0.765. The summed E-state index contributed by atoms with van der Waals surface area (Å²) in [5.74, 6) is 0. The van der Waals surface area contributed by atoms with Gasteiger partial charge in [-0.25, -0.2) is 4.98 Å². The normalized spacial score (nSPS) is 10.4. The molecule has 0 atom stereocenters. The predicted molar refractivity (Wildman–Crippen MR) is 89.2 cm³/mol. The maximum absolute atomic E-state index is 3.56. The molecule has 0 fully saturated rings. The van der Waals surface area contributed by atoms with Crippen LogP contribution < -0.4 is 22.7 Å². The molecule has 2 nitrogen and oxygen atoms in total. The highest BCUT2D eigenvalue weighted by Crippen LogP contribution is 2.26. The minimum atomic E-state index is 0. The van der Waals surface area contributed by atoms with Crippen LogP contribution in [0.1, 0.15) is 22.4 Å². The van der Waals surface area contributed by atoms with Crippen LogP contribution in [0.25, 0.3) is 10.9 Å². The van der Waals surface area contributed by atoms with E-state index in [4.69, 9.17) is 0 Å². The zero-order valence-corrected chi connectivity index (χ0v) is 14.2. The van der Waals surface area contributed by atoms with E-state index < -0.39 is 0 Å². The Hall–Kier alpha value is -2.06. The Kier molecular flexibility index (Phi) is 4.72. The van der Waals surface area contributed by atoms with Gasteiger partial charge in [0.2, 0.25) is 5.52 Å². The predicted octanol–water partition coefficient (Wildman–Crippen LogP) is 1.64. The van der Waals surface area contributed by atoms with Crippen LogP contribution in [0.3, 0.4) is 0 Å². The third-order valence-electron chi connectivity index (χ3n) is 3.94. The van der Waals surface area contributed by atoms with E-state index in [1.54, 1.807) is 0 Å². The van der Waals surface area contributed by atoms with E-state index in [9.17, 15) is 0 Å². The largest absolute Gasteiger partial charge is 1.00 e. The SMILES string of the molecule is Cc1ccc2[nH+]c(C)cc(Nc3ccc(C)c(C)c3)c2c1.[Cl-]. The number of aryl methyl sites for hydroxylation is 4. The molecule has 0 aliphatic carbocycles. The molecule has 2 N–H and O–H groups in total. The monoisotopic (exact) mass is 312 g/mol. The van der Waals surface area contributed by atoms with Crippen molar-refractivity contribution in [3.05, 3.63) is 64.8 Å². The van der Waals surface area contributed by atoms with E-state index in [-0.39, 0.29) is 12.4 Å². The van der Waals surface area contributed by atoms with Crippen LogP contribution >= 0.6 is 0 Å². The minimum Gasteiger partial charge on any atom is -1.00 e. The number of halogens is 1. The molecule has 0 aliphatic rings. The summed E-state index contributed by atoms with van der Waals surface area (Å²) in [5, 5.41) is 4.78. The lowest BCUT2D eigenvalue weighted by Gasteiger charge is -2.10. The number of nitrogens with one attached hydrogen (secondary N) is 2. The van der Waals surface area contributed by atoms with E-state index in [1.807, 2.05) is 0 Å². The Morgan fingerprint density at radius 1 is 0.818 bits per heavy atom. The molecular weight excluding hydrogens is 292 g/mol. The van der Waals surface area contributed by atoms with E-state index >= 15 is 0 Å². The molecule has 0 amide bonds. The first-order chi connectivity index (χ1) is 10.0. The molecule has 0 bridgehead atoms. The van der Waals surface area contributed by atoms with E-state index in [0.29, 0.717) is 0 Å². The second kappa shape index (κ2) is 6.37. The number of aromatic amines is 1. The lowest BCUT2D eigenvalue weighted by Crippen LogP contribution is -3.00. The highest BCUT2D eigenvalue weighted by molar-refractivity contribution is 5.91. The number of pyridine rings is 1. The van der Waals surface area contributed by atoms with Gasteiger partial charge in [-0.3, -0.25) is 0 Å². The fraction of sp³-hybridized carbons (Fsp3) is 0.211. The average molecular weight is 313 g/mol. The molecule has 22 heavy (non-hydrogen) atoms. The number of aromatic nitrogens is 1. The van der Waals surface area contributed by atoms with Crippen molar-refractivity contribution in [2.75, 3.05) is 5.32 Å². The first-order valence-electron chi connectivity index (χ1n) is 7.30. The second-order valence-corrected chi connectivity index (χ2v) is 5.84. The fourth-order valence-electron chi connectivity index (χ4n) is 2.61. The van der Waals surface area contributed by atoms with Crippen molar-refractivity contribution in [3.8, 4) is 0 Å². The van der Waals surface area contributed by atoms with Gasteiger partial charge in [0.05, 0.1) is 11.1 Å². The van der Waals surface area contributed by atoms with Crippen LogP contribution in [0.5, 0.6) is 0 Å². The molecule has 3 rings (SSSR count). The number of hydrogen-bond acceptors (Lipinski definition) is 1. The van der Waals surface area contributed by atoms with Crippen molar-refractivity contribution in [1.82, 2.24) is 0 Å². The van der Waals surface area contributed by atoms with Crippen LogP contribution in [-0.4, -0.2) is 0 Å². The summed E-state index contributed by atoms with van der Waals surface area (Å²) in [6.45, 7) is 8.50. The molecule has 0 spiro atoms. The van der Waals surface area contributed by atoms with Gasteiger partial charge < -0.3 is 17.7 Å². The molecule has 3 heteroatoms. The van der Waals surface area contributed by atoms with E-state index in [2.05, 4.69) is 80.5 Å². The number of hydrogen-bond donors (Lipinski definition) is 1. The summed E-state index contributed by atoms with van der Waals surface area (Å²) in [5.41, 5.74) is 8.48. The van der Waals surface area contributed by atoms with Crippen LogP contribution in [0.4, 0.5) is 11.4 Å². The minimum absolute atomic E-state index is 0. The van der Waals surface area contributed by atoms with Gasteiger partial charge in [-0.05, 0) is 55.7 Å². The third-order valence-corrected chi connectivity index (χ3v) is 3.94. The van der Waals surface area contributed by atoms with Crippen LogP contribution in [-0.2, 0) is 0 Å². The average Bonchev–Trinajstić information content (AvgIpc) is 2.43. The standard InChI is InChI=1S/C19H20N2.ClH/c1-12-5-8-18-17(9-12)19(11-15(4)20-18)21-16-7-6-13(2)14(3)10-16;/h5-11H,1-4H3,(H,20,21);1H. The van der Waals surface area contributed by atoms with E-state index in [0.717, 1.165) is 22.6 Å². The van der Waals surface area contributed by atoms with Crippen molar-refractivity contribution in [2.24, 2.45) is 0 Å². The Balaban J connectivity index is 0.00000176. The molecule has 3 aromatic rings. The molecular formula is C19H21ClN2. The number of rotatable bonds is 2. The zero-order valence-electron chi connectivity index (χ0n) is 13.4. The lowest BCUT2D eigenvalue weighted by atomic mass is 10.1. The molecule has 1 aromatic heterocycles. The second-order valence-electron chi connectivity index (χ2n) is 5.84. The van der Waals surface area contributed by atoms with E-state index in [1.165, 1.54) is 22.1 Å². The van der Waals surface area contributed by atoms with Gasteiger partial charge in [-0.2, -0.15) is 0 Å². The number of benzene rings is 2. The highest BCUT2D eigenvalue weighted by Gasteiger charge is 2.10. The molecule has 114 valence electrons. The lowest BCUT2D eigenvalue weighted by molar-refractivity contribution is -0.354. The maximum atomic E-state index is 3.56. The summed E-state index contributed by atoms with van der Waals surface area (Å²) in [7, 11) is 0. The van der Waals surface area contributed by atoms with Crippen molar-refractivity contribution in [1.29, 1.82) is 0 Å². The highest BCUT2D eigenvalue weighted by atomic mass is 35.5. The molecule has 0 radical (unpaired) electrons. The Labute approximate surface area is 138 Å². The van der Waals surface area contributed by atoms with Crippen molar-refractivity contribution in [2.45, 2.75) is 27.7 Å². The van der Waals surface area contributed by atoms with Crippen LogP contribution in [0.15, 0.2) is 42.5 Å². The molecule has 0 aliphatic heterocycles. The number of anilines is 2. The molecule has 0 unspecified atom stereocenters. The fourth-order valence-corrected chi connectivity index (χ4v) is 2.61. The molecule has 1 heterocycles. The van der Waals surface area contributed by atoms with Crippen molar-refractivity contribution in [3.63, 3.8) is 0 Å². The third kappa shape index (κ3) is 3.23. The zero-order chi connectivity index (χ0) is 15.0. The van der Waals surface area contributed by atoms with Gasteiger partial charge >= 0.3 is 0 Å². The van der Waals surface area contributed by atoms with Gasteiger partial charge in [0.15, 0.2) is 5.69 Å².